The number of carbonyl (C=O) groups is 1. The molecule has 0 unspecified atom stereocenters. The molecule has 0 spiro atoms. The van der Waals surface area contributed by atoms with Gasteiger partial charge in [0.25, 0.3) is 0 Å². The number of imidazole rings is 1. The summed E-state index contributed by atoms with van der Waals surface area (Å²) in [4.78, 5) is 38.9. The lowest BCUT2D eigenvalue weighted by molar-refractivity contribution is 0.124. The van der Waals surface area contributed by atoms with E-state index in [0.29, 0.717) is 36.5 Å². The first-order chi connectivity index (χ1) is 17.2. The van der Waals surface area contributed by atoms with Gasteiger partial charge in [-0.05, 0) is 37.3 Å². The molecule has 9 nitrogen and oxygen atoms in total. The molecule has 0 atom stereocenters. The quantitative estimate of drug-likeness (QED) is 0.355. The number of aromatic amines is 2. The van der Waals surface area contributed by atoms with E-state index in [1.54, 1.807) is 0 Å². The maximum absolute atomic E-state index is 12.6. The number of piperazine rings is 1. The zero-order chi connectivity index (χ0) is 24.0. The van der Waals surface area contributed by atoms with Crippen LogP contribution >= 0.6 is 0 Å². The maximum Gasteiger partial charge on any atom is 0.325 e. The molecule has 2 amide bonds. The first-order valence-corrected chi connectivity index (χ1v) is 13.1. The highest BCUT2D eigenvalue weighted by atomic mass is 16.5. The van der Waals surface area contributed by atoms with Gasteiger partial charge in [0.1, 0.15) is 5.52 Å². The molecule has 2 aliphatic rings. The third kappa shape index (κ3) is 5.78. The number of hydrogen-bond donors (Lipinski definition) is 3. The van der Waals surface area contributed by atoms with Gasteiger partial charge in [-0.15, -0.1) is 0 Å². The smallest absolute Gasteiger partial charge is 0.325 e. The molecule has 3 N–H and O–H groups in total. The number of hydrogen-bond acceptors (Lipinski definition) is 5. The fraction of sp³-hybridized carbons (Fsp3) is 0.577. The largest absolute Gasteiger partial charge is 0.490 e. The van der Waals surface area contributed by atoms with E-state index in [1.807, 2.05) is 29.2 Å². The Kier molecular flexibility index (Phi) is 7.51. The molecular formula is C26H36N6O3. The molecule has 3 heterocycles. The van der Waals surface area contributed by atoms with Gasteiger partial charge in [-0.1, -0.05) is 37.8 Å². The zero-order valence-electron chi connectivity index (χ0n) is 20.4. The lowest BCUT2D eigenvalue weighted by atomic mass is 9.99. The number of aromatic nitrogens is 3. The van der Waals surface area contributed by atoms with Gasteiger partial charge in [0.15, 0.2) is 11.4 Å². The van der Waals surface area contributed by atoms with Crippen LogP contribution in [0.4, 0.5) is 4.79 Å². The molecule has 2 aromatic heterocycles. The van der Waals surface area contributed by atoms with Gasteiger partial charge in [0.2, 0.25) is 0 Å². The Morgan fingerprint density at radius 3 is 2.63 bits per heavy atom. The number of benzene rings is 1. The summed E-state index contributed by atoms with van der Waals surface area (Å²) < 4.78 is 6.07. The van der Waals surface area contributed by atoms with Crippen LogP contribution in [-0.4, -0.2) is 76.7 Å². The van der Waals surface area contributed by atoms with Crippen molar-refractivity contribution in [1.82, 2.24) is 30.1 Å². The van der Waals surface area contributed by atoms with Gasteiger partial charge >= 0.3 is 11.7 Å². The minimum Gasteiger partial charge on any atom is -0.490 e. The highest BCUT2D eigenvalue weighted by Crippen LogP contribution is 2.30. The van der Waals surface area contributed by atoms with Crippen LogP contribution in [0, 0.1) is 5.92 Å². The monoisotopic (exact) mass is 480 g/mol. The Bertz CT molecular complexity index is 1190. The van der Waals surface area contributed by atoms with Crippen molar-refractivity contribution >= 4 is 28.1 Å². The second kappa shape index (κ2) is 11.1. The van der Waals surface area contributed by atoms with Crippen LogP contribution < -0.4 is 15.7 Å². The standard InChI is InChI=1S/C26H36N6O3/c33-25-29-22-23(20-10-5-6-11-21(20)28-24(22)30-25)35-17-7-12-27-26(34)32-15-13-31(14-16-32)18-19-8-3-1-2-4-9-19/h5-6,10-11,19H,1-4,7-9,12-18H2,(H,27,34)(H2,28,29,30,33). The number of carbonyl (C=O) groups excluding carboxylic acids is 1. The molecule has 1 aromatic carbocycles. The Labute approximate surface area is 205 Å². The highest BCUT2D eigenvalue weighted by Gasteiger charge is 2.23. The number of rotatable bonds is 7. The van der Waals surface area contributed by atoms with Crippen LogP contribution in [0.5, 0.6) is 5.75 Å². The van der Waals surface area contributed by atoms with Crippen molar-refractivity contribution in [3.63, 3.8) is 0 Å². The van der Waals surface area contributed by atoms with Crippen LogP contribution in [0.3, 0.4) is 0 Å². The van der Waals surface area contributed by atoms with Crippen molar-refractivity contribution in [3.8, 4) is 5.75 Å². The summed E-state index contributed by atoms with van der Waals surface area (Å²) in [5.41, 5.74) is 1.50. The first-order valence-electron chi connectivity index (χ1n) is 13.1. The summed E-state index contributed by atoms with van der Waals surface area (Å²) >= 11 is 0. The van der Waals surface area contributed by atoms with Crippen molar-refractivity contribution in [2.75, 3.05) is 45.9 Å². The van der Waals surface area contributed by atoms with Crippen LogP contribution in [0.1, 0.15) is 44.9 Å². The molecule has 5 rings (SSSR count). The Morgan fingerprint density at radius 1 is 1.06 bits per heavy atom. The zero-order valence-corrected chi connectivity index (χ0v) is 20.4. The Balaban J connectivity index is 1.06. The number of ether oxygens (including phenoxy) is 1. The second-order valence-corrected chi connectivity index (χ2v) is 9.84. The lowest BCUT2D eigenvalue weighted by Gasteiger charge is -2.36. The maximum atomic E-state index is 12.6. The molecule has 1 saturated heterocycles. The topological polar surface area (TPSA) is 106 Å². The lowest BCUT2D eigenvalue weighted by Crippen LogP contribution is -2.52. The third-order valence-corrected chi connectivity index (χ3v) is 7.31. The average Bonchev–Trinajstić information content (AvgIpc) is 3.06. The number of pyridine rings is 1. The minimum atomic E-state index is -0.311. The van der Waals surface area contributed by atoms with E-state index in [-0.39, 0.29) is 11.7 Å². The number of para-hydroxylation sites is 1. The van der Waals surface area contributed by atoms with Crippen molar-refractivity contribution < 1.29 is 9.53 Å². The van der Waals surface area contributed by atoms with Crippen molar-refractivity contribution in [2.24, 2.45) is 5.92 Å². The van der Waals surface area contributed by atoms with E-state index in [9.17, 15) is 9.59 Å². The summed E-state index contributed by atoms with van der Waals surface area (Å²) in [5.74, 6) is 1.45. The molecule has 9 heteroatoms. The molecule has 1 saturated carbocycles. The van der Waals surface area contributed by atoms with Crippen LogP contribution in [0.2, 0.25) is 0 Å². The fourth-order valence-corrected chi connectivity index (χ4v) is 5.39. The number of nitrogens with one attached hydrogen (secondary N) is 3. The van der Waals surface area contributed by atoms with E-state index >= 15 is 0 Å². The van der Waals surface area contributed by atoms with E-state index < -0.39 is 0 Å². The predicted octanol–water partition coefficient (Wildman–Crippen LogP) is 3.47. The average molecular weight is 481 g/mol. The Morgan fingerprint density at radius 2 is 1.83 bits per heavy atom. The normalized spacial score (nSPS) is 18.1. The van der Waals surface area contributed by atoms with Gasteiger partial charge in [-0.3, -0.25) is 9.88 Å². The van der Waals surface area contributed by atoms with Gasteiger partial charge in [-0.2, -0.15) is 0 Å². The number of nitrogens with zero attached hydrogens (tertiary/aromatic N) is 3. The van der Waals surface area contributed by atoms with Gasteiger partial charge in [0, 0.05) is 44.7 Å². The molecule has 35 heavy (non-hydrogen) atoms. The van der Waals surface area contributed by atoms with Gasteiger partial charge in [0.05, 0.1) is 12.1 Å². The van der Waals surface area contributed by atoms with Crippen LogP contribution in [-0.2, 0) is 0 Å². The highest BCUT2D eigenvalue weighted by molar-refractivity contribution is 5.97. The van der Waals surface area contributed by atoms with E-state index in [1.165, 1.54) is 45.1 Å². The number of fused-ring (bicyclic) bond motifs is 2. The van der Waals surface area contributed by atoms with Crippen molar-refractivity contribution in [3.05, 3.63) is 34.7 Å². The van der Waals surface area contributed by atoms with E-state index in [2.05, 4.69) is 25.2 Å². The van der Waals surface area contributed by atoms with E-state index in [0.717, 1.165) is 43.0 Å². The summed E-state index contributed by atoms with van der Waals surface area (Å²) in [5, 5.41) is 3.88. The van der Waals surface area contributed by atoms with Gasteiger partial charge < -0.3 is 19.9 Å². The molecule has 3 aromatic rings. The molecular weight excluding hydrogens is 444 g/mol. The summed E-state index contributed by atoms with van der Waals surface area (Å²) in [6.45, 7) is 5.66. The number of urea groups is 1. The summed E-state index contributed by atoms with van der Waals surface area (Å²) in [6.07, 6.45) is 8.94. The third-order valence-electron chi connectivity index (χ3n) is 7.31. The molecule has 188 valence electrons. The predicted molar refractivity (Wildman–Crippen MR) is 137 cm³/mol. The first kappa shape index (κ1) is 23.7. The number of amides is 2. The second-order valence-electron chi connectivity index (χ2n) is 9.84. The molecule has 1 aliphatic carbocycles. The van der Waals surface area contributed by atoms with Crippen LogP contribution in [0.25, 0.3) is 22.1 Å². The fourth-order valence-electron chi connectivity index (χ4n) is 5.39. The SMILES string of the molecule is O=C(NCCCOc1c2ccccc2nc2[nH]c(=O)[nH]c12)N1CCN(CC2CCCCCC2)CC1. The molecule has 0 bridgehead atoms. The van der Waals surface area contributed by atoms with Crippen molar-refractivity contribution in [1.29, 1.82) is 0 Å². The molecule has 1 aliphatic heterocycles. The summed E-state index contributed by atoms with van der Waals surface area (Å²) in [7, 11) is 0. The number of H-pyrrole nitrogens is 2. The Hall–Kier alpha value is -3.07. The summed E-state index contributed by atoms with van der Waals surface area (Å²) in [6, 6.07) is 7.65. The molecule has 2 fully saturated rings. The van der Waals surface area contributed by atoms with Crippen molar-refractivity contribution in [2.45, 2.75) is 44.9 Å². The van der Waals surface area contributed by atoms with Crippen LogP contribution in [0.15, 0.2) is 29.1 Å². The van der Waals surface area contributed by atoms with E-state index in [4.69, 9.17) is 4.74 Å². The molecule has 0 radical (unpaired) electrons. The van der Waals surface area contributed by atoms with Gasteiger partial charge in [-0.25, -0.2) is 14.6 Å². The minimum absolute atomic E-state index is 0.00540.